The highest BCUT2D eigenvalue weighted by molar-refractivity contribution is 5.72. The molecule has 1 unspecified atom stereocenters. The van der Waals surface area contributed by atoms with Crippen molar-refractivity contribution in [3.8, 4) is 0 Å². The van der Waals surface area contributed by atoms with Gasteiger partial charge in [0.25, 0.3) is 0 Å². The van der Waals surface area contributed by atoms with Crippen molar-refractivity contribution in [3.05, 3.63) is 97.2 Å². The van der Waals surface area contributed by atoms with E-state index in [0.29, 0.717) is 6.42 Å². The van der Waals surface area contributed by atoms with E-state index in [1.54, 1.807) is 6.08 Å². The summed E-state index contributed by atoms with van der Waals surface area (Å²) < 4.78 is 16.6. The van der Waals surface area contributed by atoms with Gasteiger partial charge in [0.05, 0.1) is 6.42 Å². The summed E-state index contributed by atoms with van der Waals surface area (Å²) >= 11 is 0. The predicted molar refractivity (Wildman–Crippen MR) is 247 cm³/mol. The number of hydrogen-bond donors (Lipinski definition) is 0. The highest BCUT2D eigenvalue weighted by Crippen LogP contribution is 2.13. The van der Waals surface area contributed by atoms with Gasteiger partial charge in [0.1, 0.15) is 13.2 Å². The quantitative estimate of drug-likeness (QED) is 0.0202. The second kappa shape index (κ2) is 46.0. The highest BCUT2D eigenvalue weighted by Gasteiger charge is 2.19. The second-order valence-corrected chi connectivity index (χ2v) is 15.0. The number of hydrogen-bond acceptors (Lipinski definition) is 6. The van der Waals surface area contributed by atoms with Crippen molar-refractivity contribution in [2.75, 3.05) is 13.2 Å². The van der Waals surface area contributed by atoms with E-state index in [1.165, 1.54) is 64.2 Å². The zero-order valence-corrected chi connectivity index (χ0v) is 37.3. The third-order valence-electron chi connectivity index (χ3n) is 9.43. The summed E-state index contributed by atoms with van der Waals surface area (Å²) in [7, 11) is 0. The molecule has 0 rings (SSSR count). The van der Waals surface area contributed by atoms with E-state index in [0.717, 1.165) is 89.9 Å². The molecule has 0 bridgehead atoms. The molecule has 0 amide bonds. The lowest BCUT2D eigenvalue weighted by molar-refractivity contribution is -0.166. The third-order valence-corrected chi connectivity index (χ3v) is 9.43. The Morgan fingerprint density at radius 2 is 0.810 bits per heavy atom. The second-order valence-electron chi connectivity index (χ2n) is 15.0. The molecular weight excluding hydrogens is 721 g/mol. The molecule has 0 aliphatic heterocycles. The molecular formula is C52H84O6. The van der Waals surface area contributed by atoms with Crippen molar-refractivity contribution in [3.63, 3.8) is 0 Å². The number of allylic oxidation sites excluding steroid dienone is 15. The smallest absolute Gasteiger partial charge is 0.309 e. The SMILES string of the molecule is CC\C=C/C=C\C=C/CCCCCCCCCC(=O)OC(COC(=O)C/C=C\C/C=C\C/C=C\CC)COC(=O)CCCCC/C=C\C=C/CCCCCCCCC. The Labute approximate surface area is 356 Å². The van der Waals surface area contributed by atoms with Crippen molar-refractivity contribution >= 4 is 17.9 Å². The van der Waals surface area contributed by atoms with Crippen LogP contribution in [0.1, 0.15) is 194 Å². The molecule has 0 aliphatic carbocycles. The molecule has 0 aromatic rings. The first kappa shape index (κ1) is 54.3. The lowest BCUT2D eigenvalue weighted by atomic mass is 10.1. The largest absolute Gasteiger partial charge is 0.462 e. The lowest BCUT2D eigenvalue weighted by Crippen LogP contribution is -2.30. The van der Waals surface area contributed by atoms with Crippen molar-refractivity contribution in [1.29, 1.82) is 0 Å². The number of carbonyl (C=O) groups excluding carboxylic acids is 3. The average Bonchev–Trinajstić information content (AvgIpc) is 3.22. The normalized spacial score (nSPS) is 12.9. The zero-order chi connectivity index (χ0) is 42.3. The Morgan fingerprint density at radius 1 is 0.397 bits per heavy atom. The Balaban J connectivity index is 4.49. The van der Waals surface area contributed by atoms with E-state index in [-0.39, 0.29) is 38.0 Å². The van der Waals surface area contributed by atoms with Crippen LogP contribution in [0.25, 0.3) is 0 Å². The van der Waals surface area contributed by atoms with Crippen LogP contribution in [0.4, 0.5) is 0 Å². The maximum Gasteiger partial charge on any atom is 0.309 e. The third kappa shape index (κ3) is 43.5. The summed E-state index contributed by atoms with van der Waals surface area (Å²) in [5, 5.41) is 0. The van der Waals surface area contributed by atoms with Crippen LogP contribution in [0.5, 0.6) is 0 Å². The number of esters is 3. The summed E-state index contributed by atoms with van der Waals surface area (Å²) in [5.41, 5.74) is 0. The average molecular weight is 805 g/mol. The van der Waals surface area contributed by atoms with E-state index in [4.69, 9.17) is 14.2 Å². The molecule has 0 aromatic carbocycles. The summed E-state index contributed by atoms with van der Waals surface area (Å²) in [6.45, 7) is 6.23. The van der Waals surface area contributed by atoms with E-state index in [2.05, 4.69) is 106 Å². The van der Waals surface area contributed by atoms with Gasteiger partial charge in [-0.25, -0.2) is 0 Å². The van der Waals surface area contributed by atoms with Crippen molar-refractivity contribution in [2.24, 2.45) is 0 Å². The van der Waals surface area contributed by atoms with Gasteiger partial charge in [-0.1, -0.05) is 195 Å². The predicted octanol–water partition coefficient (Wildman–Crippen LogP) is 15.0. The summed E-state index contributed by atoms with van der Waals surface area (Å²) in [4.78, 5) is 37.7. The van der Waals surface area contributed by atoms with Gasteiger partial charge in [0.2, 0.25) is 0 Å². The first-order chi connectivity index (χ1) is 28.5. The summed E-state index contributed by atoms with van der Waals surface area (Å²) in [6.07, 6.45) is 60.0. The maximum absolute atomic E-state index is 12.7. The Morgan fingerprint density at radius 3 is 1.36 bits per heavy atom. The first-order valence-corrected chi connectivity index (χ1v) is 23.3. The summed E-state index contributed by atoms with van der Waals surface area (Å²) in [5.74, 6) is -1.10. The van der Waals surface area contributed by atoms with Crippen molar-refractivity contribution in [1.82, 2.24) is 0 Å². The van der Waals surface area contributed by atoms with Gasteiger partial charge in [-0.3, -0.25) is 14.4 Å². The molecule has 0 aromatic heterocycles. The van der Waals surface area contributed by atoms with Crippen LogP contribution in [0, 0.1) is 0 Å². The van der Waals surface area contributed by atoms with Crippen LogP contribution in [0.15, 0.2) is 97.2 Å². The van der Waals surface area contributed by atoms with Crippen LogP contribution < -0.4 is 0 Å². The Kier molecular flexibility index (Phi) is 43.1. The van der Waals surface area contributed by atoms with Gasteiger partial charge < -0.3 is 14.2 Å². The van der Waals surface area contributed by atoms with Crippen LogP contribution >= 0.6 is 0 Å². The minimum absolute atomic E-state index is 0.125. The Bertz CT molecular complexity index is 1200. The maximum atomic E-state index is 12.7. The van der Waals surface area contributed by atoms with E-state index >= 15 is 0 Å². The monoisotopic (exact) mass is 805 g/mol. The molecule has 0 radical (unpaired) electrons. The van der Waals surface area contributed by atoms with E-state index in [1.807, 2.05) is 6.08 Å². The summed E-state index contributed by atoms with van der Waals surface area (Å²) in [6, 6.07) is 0. The molecule has 58 heavy (non-hydrogen) atoms. The molecule has 0 N–H and O–H groups in total. The number of rotatable bonds is 40. The van der Waals surface area contributed by atoms with Crippen LogP contribution in [0.3, 0.4) is 0 Å². The van der Waals surface area contributed by atoms with Gasteiger partial charge in [-0.15, -0.1) is 0 Å². The molecule has 6 heteroatoms. The highest BCUT2D eigenvalue weighted by atomic mass is 16.6. The molecule has 0 spiro atoms. The molecule has 6 nitrogen and oxygen atoms in total. The van der Waals surface area contributed by atoms with Crippen LogP contribution in [-0.2, 0) is 28.6 Å². The molecule has 0 heterocycles. The first-order valence-electron chi connectivity index (χ1n) is 23.3. The molecule has 1 atom stereocenters. The topological polar surface area (TPSA) is 78.9 Å². The van der Waals surface area contributed by atoms with Gasteiger partial charge in [-0.2, -0.15) is 0 Å². The molecule has 0 aliphatic rings. The standard InChI is InChI=1S/C52H84O6/c1-4-7-10-13-16-19-21-23-25-27-28-30-33-36-39-42-45-51(54)57-48-49(47-56-50(53)44-41-38-35-32-18-15-12-9-6-3)58-52(55)46-43-40-37-34-31-29-26-24-22-20-17-14-11-8-5-2/h8-9,11-12,14,17-18,20,22,25,27-28,30,32,38,41,49H,4-7,10,13,15-16,19,21,23-24,26,29,31,33-37,39-40,42-48H2,1-3H3/b11-8-,12-9-,17-14-,22-20-,27-25-,30-28-,32-18-,41-38-. The van der Waals surface area contributed by atoms with Gasteiger partial charge in [-0.05, 0) is 77.0 Å². The van der Waals surface area contributed by atoms with E-state index < -0.39 is 12.1 Å². The minimum atomic E-state index is -0.829. The molecule has 328 valence electrons. The van der Waals surface area contributed by atoms with Gasteiger partial charge >= 0.3 is 17.9 Å². The fourth-order valence-electron chi connectivity index (χ4n) is 5.96. The molecule has 0 saturated carbocycles. The zero-order valence-electron chi connectivity index (χ0n) is 37.3. The van der Waals surface area contributed by atoms with E-state index in [9.17, 15) is 14.4 Å². The lowest BCUT2D eigenvalue weighted by Gasteiger charge is -2.18. The van der Waals surface area contributed by atoms with Gasteiger partial charge in [0.15, 0.2) is 6.10 Å². The number of unbranched alkanes of at least 4 members (excludes halogenated alkanes) is 17. The number of ether oxygens (including phenoxy) is 3. The van der Waals surface area contributed by atoms with Gasteiger partial charge in [0, 0.05) is 12.8 Å². The molecule has 0 fully saturated rings. The Hall–Kier alpha value is -3.67. The fraction of sp³-hybridized carbons (Fsp3) is 0.635. The van der Waals surface area contributed by atoms with Crippen molar-refractivity contribution < 1.29 is 28.6 Å². The minimum Gasteiger partial charge on any atom is -0.462 e. The molecule has 0 saturated heterocycles. The fourth-order valence-corrected chi connectivity index (χ4v) is 5.96. The van der Waals surface area contributed by atoms with Crippen LogP contribution in [0.2, 0.25) is 0 Å². The van der Waals surface area contributed by atoms with Crippen molar-refractivity contribution in [2.45, 2.75) is 200 Å². The van der Waals surface area contributed by atoms with Crippen LogP contribution in [-0.4, -0.2) is 37.2 Å². The number of carbonyl (C=O) groups is 3.